The van der Waals surface area contributed by atoms with Gasteiger partial charge < -0.3 is 4.74 Å². The molecule has 1 aliphatic rings. The van der Waals surface area contributed by atoms with E-state index in [2.05, 4.69) is 20.9 Å². The second-order valence-electron chi connectivity index (χ2n) is 4.15. The number of hydrogen-bond acceptors (Lipinski definition) is 3. The topological polar surface area (TPSA) is 39.2 Å². The molecule has 1 atom stereocenters. The van der Waals surface area contributed by atoms with Gasteiger partial charge >= 0.3 is 0 Å². The number of carbonyl (C=O) groups excluding carboxylic acids is 1. The first-order valence-corrected chi connectivity index (χ1v) is 6.15. The third-order valence-corrected chi connectivity index (χ3v) is 3.19. The molecule has 3 nitrogen and oxygen atoms in total. The highest BCUT2D eigenvalue weighted by Crippen LogP contribution is 2.34. The number of carbonyl (C=O) groups is 1. The third kappa shape index (κ3) is 2.89. The zero-order valence-electron chi connectivity index (χ0n) is 9.15. The molecule has 1 fully saturated rings. The van der Waals surface area contributed by atoms with Crippen molar-refractivity contribution in [1.29, 1.82) is 0 Å². The van der Waals surface area contributed by atoms with Crippen molar-refractivity contribution >= 4 is 21.7 Å². The van der Waals surface area contributed by atoms with Crippen molar-refractivity contribution < 1.29 is 9.53 Å². The predicted molar refractivity (Wildman–Crippen MR) is 64.2 cm³/mol. The smallest absolute Gasteiger partial charge is 0.166 e. The predicted octanol–water partition coefficient (Wildman–Crippen LogP) is 2.38. The largest absolute Gasteiger partial charge is 0.373 e. The number of methoxy groups -OCH3 is 1. The Morgan fingerprint density at radius 2 is 2.38 bits per heavy atom. The fraction of sp³-hybridized carbons (Fsp3) is 0.500. The molecule has 0 aromatic carbocycles. The van der Waals surface area contributed by atoms with Crippen molar-refractivity contribution in [3.05, 3.63) is 28.5 Å². The highest BCUT2D eigenvalue weighted by atomic mass is 79.9. The molecule has 1 heterocycles. The monoisotopic (exact) mass is 283 g/mol. The van der Waals surface area contributed by atoms with Crippen LogP contribution in [0.5, 0.6) is 0 Å². The number of pyridine rings is 1. The van der Waals surface area contributed by atoms with E-state index in [-0.39, 0.29) is 11.9 Å². The second kappa shape index (κ2) is 5.06. The van der Waals surface area contributed by atoms with Crippen LogP contribution >= 0.6 is 15.9 Å². The Hall–Kier alpha value is -0.740. The van der Waals surface area contributed by atoms with Gasteiger partial charge in [0.1, 0.15) is 6.10 Å². The Kier molecular flexibility index (Phi) is 3.71. The molecule has 1 aromatic rings. The van der Waals surface area contributed by atoms with Crippen LogP contribution in [-0.2, 0) is 16.0 Å². The first-order chi connectivity index (χ1) is 7.70. The molecule has 1 unspecified atom stereocenters. The van der Waals surface area contributed by atoms with Crippen molar-refractivity contribution in [2.75, 3.05) is 7.11 Å². The van der Waals surface area contributed by atoms with E-state index >= 15 is 0 Å². The van der Waals surface area contributed by atoms with Crippen LogP contribution in [0, 0.1) is 5.92 Å². The summed E-state index contributed by atoms with van der Waals surface area (Å²) in [4.78, 5) is 16.0. The minimum atomic E-state index is -0.223. The third-order valence-electron chi connectivity index (χ3n) is 2.76. The minimum Gasteiger partial charge on any atom is -0.373 e. The summed E-state index contributed by atoms with van der Waals surface area (Å²) in [5.74, 6) is 0.600. The van der Waals surface area contributed by atoms with E-state index in [9.17, 15) is 4.79 Å². The maximum absolute atomic E-state index is 12.0. The van der Waals surface area contributed by atoms with Gasteiger partial charge in [-0.3, -0.25) is 9.78 Å². The van der Waals surface area contributed by atoms with Crippen LogP contribution in [0.25, 0.3) is 0 Å². The van der Waals surface area contributed by atoms with Gasteiger partial charge in [-0.1, -0.05) is 0 Å². The van der Waals surface area contributed by atoms with Crippen LogP contribution in [0.3, 0.4) is 0 Å². The van der Waals surface area contributed by atoms with Gasteiger partial charge in [0.05, 0.1) is 0 Å². The summed E-state index contributed by atoms with van der Waals surface area (Å²) >= 11 is 3.34. The van der Waals surface area contributed by atoms with Crippen molar-refractivity contribution in [2.45, 2.75) is 25.4 Å². The Bertz CT molecular complexity index is 390. The first-order valence-electron chi connectivity index (χ1n) is 5.35. The summed E-state index contributed by atoms with van der Waals surface area (Å²) in [7, 11) is 1.61. The zero-order chi connectivity index (χ0) is 11.5. The quantitative estimate of drug-likeness (QED) is 0.833. The lowest BCUT2D eigenvalue weighted by atomic mass is 10.0. The summed E-state index contributed by atoms with van der Waals surface area (Å²) < 4.78 is 6.16. The summed E-state index contributed by atoms with van der Waals surface area (Å²) in [6.45, 7) is 0. The van der Waals surface area contributed by atoms with E-state index in [1.165, 1.54) is 0 Å². The lowest BCUT2D eigenvalue weighted by molar-refractivity contribution is -0.129. The molecular weight excluding hydrogens is 270 g/mol. The molecule has 1 aliphatic carbocycles. The summed E-state index contributed by atoms with van der Waals surface area (Å²) in [5, 5.41) is 0. The van der Waals surface area contributed by atoms with Crippen LogP contribution in [0.4, 0.5) is 0 Å². The van der Waals surface area contributed by atoms with E-state index in [1.807, 2.05) is 6.07 Å². The van der Waals surface area contributed by atoms with Gasteiger partial charge in [0, 0.05) is 30.4 Å². The fourth-order valence-corrected chi connectivity index (χ4v) is 2.25. The van der Waals surface area contributed by atoms with E-state index in [0.29, 0.717) is 12.3 Å². The van der Waals surface area contributed by atoms with Gasteiger partial charge in [-0.2, -0.15) is 0 Å². The molecule has 0 spiro atoms. The molecule has 1 aromatic heterocycles. The summed E-state index contributed by atoms with van der Waals surface area (Å²) in [6, 6.07) is 1.92. The van der Waals surface area contributed by atoms with Gasteiger partial charge in [-0.05, 0) is 46.3 Å². The molecular formula is C12H14BrNO2. The average Bonchev–Trinajstić information content (AvgIpc) is 3.03. The first kappa shape index (κ1) is 11.7. The molecule has 0 aliphatic heterocycles. The Labute approximate surface area is 103 Å². The Balaban J connectivity index is 2.00. The number of ether oxygens (including phenoxy) is 1. The lowest BCUT2D eigenvalue weighted by Crippen LogP contribution is -2.26. The molecule has 16 heavy (non-hydrogen) atoms. The van der Waals surface area contributed by atoms with E-state index in [4.69, 9.17) is 4.74 Å². The maximum Gasteiger partial charge on any atom is 0.166 e. The molecule has 0 bridgehead atoms. The van der Waals surface area contributed by atoms with Crippen LogP contribution in [-0.4, -0.2) is 24.0 Å². The highest BCUT2D eigenvalue weighted by Gasteiger charge is 2.35. The van der Waals surface area contributed by atoms with Crippen molar-refractivity contribution in [1.82, 2.24) is 4.98 Å². The molecule has 86 valence electrons. The number of Topliss-reactive ketones (excluding diaryl/α,β-unsaturated/α-hetero) is 1. The van der Waals surface area contributed by atoms with Crippen LogP contribution in [0.15, 0.2) is 22.9 Å². The number of aromatic nitrogens is 1. The van der Waals surface area contributed by atoms with Gasteiger partial charge in [-0.25, -0.2) is 0 Å². The molecule has 0 radical (unpaired) electrons. The number of halogens is 1. The van der Waals surface area contributed by atoms with Gasteiger partial charge in [0.15, 0.2) is 5.78 Å². The molecule has 0 N–H and O–H groups in total. The number of nitrogens with zero attached hydrogens (tertiary/aromatic N) is 1. The molecule has 0 amide bonds. The maximum atomic E-state index is 12.0. The summed E-state index contributed by atoms with van der Waals surface area (Å²) in [6.07, 6.45) is 5.84. The van der Waals surface area contributed by atoms with Crippen molar-refractivity contribution in [2.24, 2.45) is 5.92 Å². The number of hydrogen-bond donors (Lipinski definition) is 0. The Morgan fingerprint density at radius 3 is 2.94 bits per heavy atom. The number of rotatable bonds is 5. The van der Waals surface area contributed by atoms with Gasteiger partial charge in [0.2, 0.25) is 0 Å². The highest BCUT2D eigenvalue weighted by molar-refractivity contribution is 9.10. The fourth-order valence-electron chi connectivity index (χ4n) is 1.84. The standard InChI is InChI=1S/C12H14BrNO2/c1-16-12(9-2-3-9)11(15)5-8-4-10(13)7-14-6-8/h4,6-7,9,12H,2-3,5H2,1H3. The normalized spacial score (nSPS) is 17.1. The van der Waals surface area contributed by atoms with Gasteiger partial charge in [-0.15, -0.1) is 0 Å². The summed E-state index contributed by atoms with van der Waals surface area (Å²) in [5.41, 5.74) is 0.932. The minimum absolute atomic E-state index is 0.157. The van der Waals surface area contributed by atoms with E-state index in [1.54, 1.807) is 19.5 Å². The van der Waals surface area contributed by atoms with Crippen LogP contribution < -0.4 is 0 Å². The SMILES string of the molecule is COC(C(=O)Cc1cncc(Br)c1)C1CC1. The van der Waals surface area contributed by atoms with E-state index < -0.39 is 0 Å². The Morgan fingerprint density at radius 1 is 1.62 bits per heavy atom. The molecule has 1 saturated carbocycles. The molecule has 0 saturated heterocycles. The van der Waals surface area contributed by atoms with Crippen molar-refractivity contribution in [3.63, 3.8) is 0 Å². The number of ketones is 1. The molecule has 4 heteroatoms. The second-order valence-corrected chi connectivity index (χ2v) is 5.06. The van der Waals surface area contributed by atoms with Crippen LogP contribution in [0.2, 0.25) is 0 Å². The average molecular weight is 284 g/mol. The zero-order valence-corrected chi connectivity index (χ0v) is 10.7. The van der Waals surface area contributed by atoms with Gasteiger partial charge in [0.25, 0.3) is 0 Å². The lowest BCUT2D eigenvalue weighted by Gasteiger charge is -2.12. The van der Waals surface area contributed by atoms with Crippen molar-refractivity contribution in [3.8, 4) is 0 Å². The van der Waals surface area contributed by atoms with Crippen LogP contribution in [0.1, 0.15) is 18.4 Å². The molecule has 2 rings (SSSR count). The van der Waals surface area contributed by atoms with E-state index in [0.717, 1.165) is 22.9 Å².